The average molecular weight is 296 g/mol. The predicted octanol–water partition coefficient (Wildman–Crippen LogP) is 2.52. The van der Waals surface area contributed by atoms with Crippen LogP contribution in [-0.4, -0.2) is 35.0 Å². The summed E-state index contributed by atoms with van der Waals surface area (Å²) < 4.78 is 78.3. The first-order valence-corrected chi connectivity index (χ1v) is 4.67. The largest absolute Gasteiger partial charge is 0.478 e. The topological polar surface area (TPSA) is 63.6 Å². The van der Waals surface area contributed by atoms with Crippen molar-refractivity contribution in [3.05, 3.63) is 0 Å². The van der Waals surface area contributed by atoms with E-state index in [9.17, 15) is 35.9 Å². The molecule has 0 aromatic heterocycles. The van der Waals surface area contributed by atoms with E-state index in [-0.39, 0.29) is 0 Å². The van der Waals surface area contributed by atoms with Crippen molar-refractivity contribution in [1.29, 1.82) is 0 Å². The zero-order chi connectivity index (χ0) is 15.9. The highest BCUT2D eigenvalue weighted by atomic mass is 19.4. The summed E-state index contributed by atoms with van der Waals surface area (Å²) in [6.07, 6.45) is -12.7. The summed E-state index contributed by atoms with van der Waals surface area (Å²) in [5.41, 5.74) is -7.32. The van der Waals surface area contributed by atoms with Gasteiger partial charge in [-0.15, -0.1) is 0 Å². The number of alkyl halides is 6. The number of hydrogen-bond acceptors (Lipinski definition) is 3. The van der Waals surface area contributed by atoms with Gasteiger partial charge in [0.1, 0.15) is 0 Å². The first kappa shape index (κ1) is 17.5. The first-order valence-electron chi connectivity index (χ1n) is 4.67. The lowest BCUT2D eigenvalue weighted by atomic mass is 9.95. The second kappa shape index (κ2) is 4.57. The van der Waals surface area contributed by atoms with Crippen molar-refractivity contribution in [2.45, 2.75) is 38.7 Å². The highest BCUT2D eigenvalue weighted by Crippen LogP contribution is 2.47. The lowest BCUT2D eigenvalue weighted by molar-refractivity contribution is -0.359. The molecule has 0 aromatic carbocycles. The Bertz CT molecular complexity index is 362. The van der Waals surface area contributed by atoms with E-state index >= 15 is 0 Å². The van der Waals surface area contributed by atoms with Crippen LogP contribution in [0.4, 0.5) is 26.3 Å². The summed E-state index contributed by atoms with van der Waals surface area (Å²) in [5, 5.41) is 8.29. The molecule has 0 radical (unpaired) electrons. The number of hydrogen-bond donors (Lipinski definition) is 1. The Labute approximate surface area is 103 Å². The molecule has 112 valence electrons. The van der Waals surface area contributed by atoms with Crippen molar-refractivity contribution in [1.82, 2.24) is 0 Å². The van der Waals surface area contributed by atoms with Gasteiger partial charge in [-0.2, -0.15) is 26.3 Å². The van der Waals surface area contributed by atoms with Crippen LogP contribution in [0, 0.1) is 5.41 Å². The van der Waals surface area contributed by atoms with Crippen LogP contribution in [0.1, 0.15) is 20.8 Å². The van der Waals surface area contributed by atoms with E-state index in [1.165, 1.54) is 0 Å². The molecule has 10 heteroatoms. The van der Waals surface area contributed by atoms with Crippen molar-refractivity contribution < 1.29 is 45.8 Å². The maximum atomic E-state index is 12.5. The third-order valence-corrected chi connectivity index (χ3v) is 1.96. The summed E-state index contributed by atoms with van der Waals surface area (Å²) >= 11 is 0. The van der Waals surface area contributed by atoms with Crippen LogP contribution >= 0.6 is 0 Å². The van der Waals surface area contributed by atoms with Gasteiger partial charge in [0.15, 0.2) is 0 Å². The van der Waals surface area contributed by atoms with E-state index in [0.717, 1.165) is 20.8 Å². The molecule has 0 atom stereocenters. The number of carboxylic acids is 1. The molecule has 4 nitrogen and oxygen atoms in total. The molecule has 19 heavy (non-hydrogen) atoms. The number of rotatable bonds is 2. The maximum absolute atomic E-state index is 12.5. The van der Waals surface area contributed by atoms with Gasteiger partial charge in [0.25, 0.3) is 0 Å². The minimum absolute atomic E-state index is 0.981. The first-order chi connectivity index (χ1) is 8.07. The summed E-state index contributed by atoms with van der Waals surface area (Å²) in [5.74, 6) is -5.30. The molecular formula is C9H10F6O4. The van der Waals surface area contributed by atoms with E-state index in [0.29, 0.717) is 0 Å². The van der Waals surface area contributed by atoms with Gasteiger partial charge in [-0.1, -0.05) is 0 Å². The SMILES string of the molecule is CC(C)(C)C(=O)OC(C(=O)O)(C(F)(F)F)C(F)(F)F. The fourth-order valence-electron chi connectivity index (χ4n) is 0.855. The monoisotopic (exact) mass is 296 g/mol. The van der Waals surface area contributed by atoms with Crippen LogP contribution in [0.15, 0.2) is 0 Å². The van der Waals surface area contributed by atoms with Crippen LogP contribution in [-0.2, 0) is 14.3 Å². The van der Waals surface area contributed by atoms with Crippen molar-refractivity contribution in [2.24, 2.45) is 5.41 Å². The lowest BCUT2D eigenvalue weighted by Crippen LogP contribution is -2.65. The quantitative estimate of drug-likeness (QED) is 0.628. The van der Waals surface area contributed by atoms with Crippen molar-refractivity contribution in [3.8, 4) is 0 Å². The molecule has 0 aliphatic heterocycles. The standard InChI is InChI=1S/C9H10F6O4/c1-6(2,3)5(18)19-7(4(16)17,8(10,11)12)9(13,14)15/h1-3H3,(H,16,17). The van der Waals surface area contributed by atoms with Crippen LogP contribution in [0.25, 0.3) is 0 Å². The van der Waals surface area contributed by atoms with Gasteiger partial charge >= 0.3 is 29.9 Å². The summed E-state index contributed by atoms with van der Waals surface area (Å²) in [7, 11) is 0. The van der Waals surface area contributed by atoms with Crippen molar-refractivity contribution in [2.75, 3.05) is 0 Å². The van der Waals surface area contributed by atoms with Gasteiger partial charge in [0.2, 0.25) is 0 Å². The Kier molecular flexibility index (Phi) is 4.21. The van der Waals surface area contributed by atoms with Crippen LogP contribution < -0.4 is 0 Å². The zero-order valence-corrected chi connectivity index (χ0v) is 9.94. The summed E-state index contributed by atoms with van der Waals surface area (Å²) in [6, 6.07) is 0. The number of halogens is 6. The highest BCUT2D eigenvalue weighted by molar-refractivity contribution is 5.85. The number of ether oxygens (including phenoxy) is 1. The molecule has 0 fully saturated rings. The van der Waals surface area contributed by atoms with E-state index in [1.807, 2.05) is 0 Å². The van der Waals surface area contributed by atoms with Gasteiger partial charge in [0, 0.05) is 0 Å². The molecule has 0 rings (SSSR count). The van der Waals surface area contributed by atoms with Gasteiger partial charge in [-0.3, -0.25) is 4.79 Å². The van der Waals surface area contributed by atoms with Crippen LogP contribution in [0.2, 0.25) is 0 Å². The average Bonchev–Trinajstić information content (AvgIpc) is 2.06. The fraction of sp³-hybridized carbons (Fsp3) is 0.778. The lowest BCUT2D eigenvalue weighted by Gasteiger charge is -2.34. The smallest absolute Gasteiger partial charge is 0.449 e. The number of carbonyl (C=O) groups is 2. The normalized spacial score (nSPS) is 14.2. The molecule has 0 aliphatic rings. The third-order valence-electron chi connectivity index (χ3n) is 1.96. The van der Waals surface area contributed by atoms with Gasteiger partial charge < -0.3 is 9.84 Å². The molecule has 0 amide bonds. The fourth-order valence-corrected chi connectivity index (χ4v) is 0.855. The number of carboxylic acid groups (broad SMARTS) is 1. The van der Waals surface area contributed by atoms with Crippen LogP contribution in [0.5, 0.6) is 0 Å². The summed E-state index contributed by atoms with van der Waals surface area (Å²) in [6.45, 7) is 2.94. The molecule has 0 heterocycles. The molecular weight excluding hydrogens is 286 g/mol. The molecule has 0 aromatic rings. The Morgan fingerprint density at radius 1 is 0.895 bits per heavy atom. The second-order valence-electron chi connectivity index (χ2n) is 4.62. The molecule has 1 N–H and O–H groups in total. The highest BCUT2D eigenvalue weighted by Gasteiger charge is 2.80. The summed E-state index contributed by atoms with van der Waals surface area (Å²) in [4.78, 5) is 21.7. The molecule has 0 unspecified atom stereocenters. The second-order valence-corrected chi connectivity index (χ2v) is 4.62. The molecule has 0 saturated heterocycles. The maximum Gasteiger partial charge on any atom is 0.449 e. The third kappa shape index (κ3) is 3.10. The van der Waals surface area contributed by atoms with Gasteiger partial charge in [-0.25, -0.2) is 4.79 Å². The van der Waals surface area contributed by atoms with E-state index in [2.05, 4.69) is 4.74 Å². The van der Waals surface area contributed by atoms with E-state index in [1.54, 1.807) is 0 Å². The Hall–Kier alpha value is -1.48. The Morgan fingerprint density at radius 2 is 1.21 bits per heavy atom. The van der Waals surface area contributed by atoms with E-state index in [4.69, 9.17) is 5.11 Å². The number of carbonyl (C=O) groups excluding carboxylic acids is 1. The van der Waals surface area contributed by atoms with Crippen LogP contribution in [0.3, 0.4) is 0 Å². The van der Waals surface area contributed by atoms with Gasteiger partial charge in [-0.05, 0) is 20.8 Å². The molecule has 0 spiro atoms. The zero-order valence-electron chi connectivity index (χ0n) is 9.94. The van der Waals surface area contributed by atoms with Crippen molar-refractivity contribution >= 4 is 11.9 Å². The Balaban J connectivity index is 5.94. The van der Waals surface area contributed by atoms with Gasteiger partial charge in [0.05, 0.1) is 5.41 Å². The number of aliphatic carboxylic acids is 1. The minimum Gasteiger partial charge on any atom is -0.478 e. The molecule has 0 bridgehead atoms. The molecule has 0 saturated carbocycles. The minimum atomic E-state index is -6.35. The Morgan fingerprint density at radius 3 is 1.37 bits per heavy atom. The van der Waals surface area contributed by atoms with E-state index < -0.39 is 35.3 Å². The number of esters is 1. The predicted molar refractivity (Wildman–Crippen MR) is 48.0 cm³/mol. The van der Waals surface area contributed by atoms with Crippen molar-refractivity contribution in [3.63, 3.8) is 0 Å². The molecule has 0 aliphatic carbocycles.